The second kappa shape index (κ2) is 43.6. The quantitative estimate of drug-likeness (QED) is 0.0244. The van der Waals surface area contributed by atoms with Gasteiger partial charge in [0.2, 0.25) is 82.7 Å². The lowest BCUT2D eigenvalue weighted by molar-refractivity contribution is -0.137. The number of primary amides is 2. The van der Waals surface area contributed by atoms with E-state index in [2.05, 4.69) is 68.8 Å². The van der Waals surface area contributed by atoms with Crippen molar-refractivity contribution in [2.75, 3.05) is 19.6 Å². The van der Waals surface area contributed by atoms with Crippen LogP contribution in [-0.2, 0) is 86.4 Å². The van der Waals surface area contributed by atoms with Crippen molar-refractivity contribution >= 4 is 93.6 Å². The number of hydrogen-bond acceptors (Lipinski definition) is 16. The maximum Gasteiger partial charge on any atom is 0.243 e. The highest BCUT2D eigenvalue weighted by Crippen LogP contribution is 2.21. The molecule has 31 heteroatoms. The third-order valence-corrected chi connectivity index (χ3v) is 18.5. The van der Waals surface area contributed by atoms with Crippen LogP contribution in [-0.4, -0.2) is 174 Å². The molecule has 0 aliphatic carbocycles. The van der Waals surface area contributed by atoms with Crippen LogP contribution in [0.3, 0.4) is 0 Å². The average molecular weight is 1450 g/mol. The highest BCUT2D eigenvalue weighted by atomic mass is 16.2. The standard InChI is InChI=1S/C73H109N17O14/c1-11-40(5)59(76)70(101)87-53(33-46-25-17-15-18-26-46)66(97)80-38-57(92)81-45(10)65(96)88-60(41(6)12-2)71(102)82-44(9)64(95)79-39-58(93)83-54(34-47-27-19-16-20-28-47)68(99)89-61(42(7)13-3)72(103)84-51(31-23-24-32-74)67(98)86-55(36-56(75)91)69(100)90-62(43(8)14-4)73(104)85-52(63(77)94)35-48-37-78-50-30-22-21-29-49(48)50/h15-22,25-30,37,40-45,51-55,59-62,78H,11-14,23-24,31-36,38-39,74,76H2,1-10H3,(H2,75,91)(H2,77,94)(H,79,95)(H,80,97)(H,81,92)(H,82,102)(H,83,93)(H,84,103)(H,85,104)(H,86,98)(H,87,101)(H,88,96)(H,89,99)(H,90,100)/t40-,41-,42-,43-,44-,45-,51-,52-,53-,54-,55-,59-,60-,61-,62-/m0/s1. The van der Waals surface area contributed by atoms with Crippen LogP contribution in [0.25, 0.3) is 10.9 Å². The highest BCUT2D eigenvalue weighted by Gasteiger charge is 2.38. The molecular formula is C73H109N17O14. The van der Waals surface area contributed by atoms with Crippen LogP contribution in [0.4, 0.5) is 0 Å². The minimum absolute atomic E-state index is 0.0122. The summed E-state index contributed by atoms with van der Waals surface area (Å²) >= 11 is 0. The number of para-hydroxylation sites is 1. The molecule has 0 bridgehead atoms. The third kappa shape index (κ3) is 27.8. The van der Waals surface area contributed by atoms with Crippen LogP contribution in [0.5, 0.6) is 0 Å². The zero-order valence-electron chi connectivity index (χ0n) is 61.2. The molecule has 0 saturated carbocycles. The van der Waals surface area contributed by atoms with Gasteiger partial charge < -0.3 is 91.7 Å². The normalized spacial score (nSPS) is 15.5. The fraction of sp³-hybridized carbons (Fsp3) is 0.534. The number of hydrogen-bond donors (Lipinski definition) is 17. The molecule has 570 valence electrons. The summed E-state index contributed by atoms with van der Waals surface area (Å²) in [6.45, 7) is 15.7. The Morgan fingerprint density at radius 3 is 1.34 bits per heavy atom. The maximum absolute atomic E-state index is 14.6. The lowest BCUT2D eigenvalue weighted by atomic mass is 9.96. The van der Waals surface area contributed by atoms with Gasteiger partial charge in [-0.1, -0.05) is 160 Å². The largest absolute Gasteiger partial charge is 0.370 e. The van der Waals surface area contributed by atoms with Crippen molar-refractivity contribution in [2.24, 2.45) is 46.6 Å². The van der Waals surface area contributed by atoms with Crippen molar-refractivity contribution in [1.29, 1.82) is 0 Å². The van der Waals surface area contributed by atoms with Gasteiger partial charge in [0.25, 0.3) is 0 Å². The Hall–Kier alpha value is -10.3. The number of amides is 14. The Labute approximate surface area is 607 Å². The summed E-state index contributed by atoms with van der Waals surface area (Å²) < 4.78 is 0. The molecule has 0 fully saturated rings. The Balaban J connectivity index is 1.42. The van der Waals surface area contributed by atoms with Crippen LogP contribution in [0, 0.1) is 23.7 Å². The highest BCUT2D eigenvalue weighted by molar-refractivity contribution is 6.00. The Kier molecular flexibility index (Phi) is 36.1. The van der Waals surface area contributed by atoms with E-state index in [-0.39, 0.29) is 44.6 Å². The second-order valence-corrected chi connectivity index (χ2v) is 26.6. The minimum atomic E-state index is -1.68. The van der Waals surface area contributed by atoms with Crippen molar-refractivity contribution in [3.63, 3.8) is 0 Å². The molecule has 31 nitrogen and oxygen atoms in total. The number of aromatic nitrogens is 1. The molecule has 104 heavy (non-hydrogen) atoms. The number of rotatable bonds is 45. The van der Waals surface area contributed by atoms with Gasteiger partial charge in [0, 0.05) is 36.4 Å². The molecule has 15 atom stereocenters. The van der Waals surface area contributed by atoms with E-state index in [0.29, 0.717) is 43.2 Å². The first-order chi connectivity index (χ1) is 49.4. The number of carbonyl (C=O) groups is 14. The van der Waals surface area contributed by atoms with Crippen molar-refractivity contribution in [1.82, 2.24) is 68.8 Å². The number of carbonyl (C=O) groups excluding carboxylic acids is 14. The molecule has 4 aromatic rings. The number of aromatic amines is 1. The summed E-state index contributed by atoms with van der Waals surface area (Å²) in [5.74, 6) is -13.2. The average Bonchev–Trinajstić information content (AvgIpc) is 1.54. The Bertz CT molecular complexity index is 3560. The van der Waals surface area contributed by atoms with E-state index in [1.54, 1.807) is 108 Å². The Morgan fingerprint density at radius 1 is 0.404 bits per heavy atom. The smallest absolute Gasteiger partial charge is 0.243 e. The fourth-order valence-corrected chi connectivity index (χ4v) is 11.1. The lowest BCUT2D eigenvalue weighted by Crippen LogP contribution is -2.61. The van der Waals surface area contributed by atoms with Gasteiger partial charge >= 0.3 is 0 Å². The first-order valence-corrected chi connectivity index (χ1v) is 35.6. The first-order valence-electron chi connectivity index (χ1n) is 35.6. The van der Waals surface area contributed by atoms with Crippen LogP contribution < -0.4 is 86.7 Å². The van der Waals surface area contributed by atoms with Gasteiger partial charge in [0.05, 0.1) is 25.6 Å². The predicted molar refractivity (Wildman–Crippen MR) is 391 cm³/mol. The summed E-state index contributed by atoms with van der Waals surface area (Å²) in [6, 6.07) is 10.8. The van der Waals surface area contributed by atoms with Crippen molar-refractivity contribution in [3.8, 4) is 0 Å². The van der Waals surface area contributed by atoms with Crippen molar-refractivity contribution in [3.05, 3.63) is 108 Å². The van der Waals surface area contributed by atoms with E-state index in [4.69, 9.17) is 22.9 Å². The van der Waals surface area contributed by atoms with E-state index >= 15 is 0 Å². The minimum Gasteiger partial charge on any atom is -0.370 e. The number of fused-ring (bicyclic) bond motifs is 1. The second-order valence-electron chi connectivity index (χ2n) is 26.6. The summed E-state index contributed by atoms with van der Waals surface area (Å²) in [5.41, 5.74) is 26.2. The van der Waals surface area contributed by atoms with Gasteiger partial charge in [-0.3, -0.25) is 67.1 Å². The van der Waals surface area contributed by atoms with Gasteiger partial charge in [-0.05, 0) is 86.1 Å². The van der Waals surface area contributed by atoms with E-state index in [0.717, 1.165) is 16.5 Å². The van der Waals surface area contributed by atoms with E-state index in [1.807, 2.05) is 38.1 Å². The van der Waals surface area contributed by atoms with Gasteiger partial charge in [-0.25, -0.2) is 0 Å². The monoisotopic (exact) mass is 1450 g/mol. The van der Waals surface area contributed by atoms with E-state index < -0.39 is 186 Å². The molecule has 0 aliphatic rings. The molecule has 0 saturated heterocycles. The predicted octanol–water partition coefficient (Wildman–Crippen LogP) is -0.683. The molecule has 1 aromatic heterocycles. The molecule has 0 aliphatic heterocycles. The summed E-state index contributed by atoms with van der Waals surface area (Å²) in [4.78, 5) is 194. The number of unbranched alkanes of at least 4 members (excludes halogenated alkanes) is 1. The first kappa shape index (κ1) is 86.1. The molecule has 4 rings (SSSR count). The van der Waals surface area contributed by atoms with Gasteiger partial charge in [0.1, 0.15) is 60.4 Å². The van der Waals surface area contributed by atoms with Crippen LogP contribution in [0.2, 0.25) is 0 Å². The maximum atomic E-state index is 14.6. The Morgan fingerprint density at radius 2 is 0.827 bits per heavy atom. The molecule has 14 amide bonds. The van der Waals surface area contributed by atoms with Crippen molar-refractivity contribution in [2.45, 2.75) is 206 Å². The molecule has 0 radical (unpaired) electrons. The topological polar surface area (TPSA) is 503 Å². The van der Waals surface area contributed by atoms with Gasteiger partial charge in [-0.2, -0.15) is 0 Å². The molecule has 0 unspecified atom stereocenters. The number of nitrogens with one attached hydrogen (secondary N) is 13. The summed E-state index contributed by atoms with van der Waals surface area (Å²) in [5, 5.41) is 32.0. The van der Waals surface area contributed by atoms with Gasteiger partial charge in [-0.15, -0.1) is 0 Å². The van der Waals surface area contributed by atoms with E-state index in [9.17, 15) is 67.1 Å². The zero-order chi connectivity index (χ0) is 77.3. The van der Waals surface area contributed by atoms with E-state index in [1.165, 1.54) is 13.8 Å². The fourth-order valence-electron chi connectivity index (χ4n) is 11.1. The molecule has 3 aromatic carbocycles. The molecule has 1 heterocycles. The summed E-state index contributed by atoms with van der Waals surface area (Å²) in [7, 11) is 0. The number of H-pyrrole nitrogens is 1. The molecule has 0 spiro atoms. The lowest BCUT2D eigenvalue weighted by Gasteiger charge is -2.30. The third-order valence-electron chi connectivity index (χ3n) is 18.5. The zero-order valence-corrected chi connectivity index (χ0v) is 61.2. The number of nitrogens with two attached hydrogens (primary N) is 4. The SMILES string of the molecule is CC[C@H](C)[C@H](N)C(=O)N[C@@H](Cc1ccccc1)C(=O)NCC(=O)N[C@@H](C)C(=O)N[C@H](C(=O)N[C@@H](C)C(=O)NCC(=O)N[C@@H](Cc1ccccc1)C(=O)N[C@H](C(=O)N[C@@H](CCCCN)C(=O)N[C@@H](CC(N)=O)C(=O)N[C@H](C(=O)N[C@@H](Cc1c[nH]c2ccccc12)C(N)=O)[C@@H](C)CC)[C@@H](C)CC)[C@@H](C)CC. The van der Waals surface area contributed by atoms with Crippen molar-refractivity contribution < 1.29 is 67.1 Å². The summed E-state index contributed by atoms with van der Waals surface area (Å²) in [6.07, 6.45) is 3.28. The van der Waals surface area contributed by atoms with Gasteiger partial charge in [0.15, 0.2) is 0 Å². The van der Waals surface area contributed by atoms with Crippen LogP contribution in [0.1, 0.15) is 137 Å². The number of benzene rings is 3. The molecule has 21 N–H and O–H groups in total. The van der Waals surface area contributed by atoms with Crippen LogP contribution >= 0.6 is 0 Å². The molecular weight excluding hydrogens is 1340 g/mol. The van der Waals surface area contributed by atoms with Crippen LogP contribution in [0.15, 0.2) is 91.1 Å².